The van der Waals surface area contributed by atoms with E-state index in [9.17, 15) is 19.2 Å². The van der Waals surface area contributed by atoms with Gasteiger partial charge in [0.05, 0.1) is 30.0 Å². The van der Waals surface area contributed by atoms with Crippen molar-refractivity contribution in [3.8, 4) is 11.5 Å². The number of carbonyl (C=O) groups excluding carboxylic acids is 4. The molecule has 3 amide bonds. The number of nitrogens with zero attached hydrogens (tertiary/aromatic N) is 2. The van der Waals surface area contributed by atoms with Gasteiger partial charge in [-0.25, -0.2) is 4.90 Å². The second kappa shape index (κ2) is 9.60. The first-order valence-electron chi connectivity index (χ1n) is 12.3. The molecule has 36 heavy (non-hydrogen) atoms. The van der Waals surface area contributed by atoms with E-state index >= 15 is 0 Å². The van der Waals surface area contributed by atoms with Crippen LogP contribution >= 0.6 is 0 Å². The number of ether oxygens (including phenoxy) is 2. The Morgan fingerprint density at radius 1 is 1.00 bits per heavy atom. The molecule has 8 nitrogen and oxygen atoms in total. The van der Waals surface area contributed by atoms with Gasteiger partial charge in [0.2, 0.25) is 17.7 Å². The fourth-order valence-electron chi connectivity index (χ4n) is 5.29. The first kappa shape index (κ1) is 23.8. The van der Waals surface area contributed by atoms with Crippen LogP contribution in [0.5, 0.6) is 11.5 Å². The van der Waals surface area contributed by atoms with Crippen molar-refractivity contribution < 1.29 is 28.7 Å². The fraction of sp³-hybridized carbons (Fsp3) is 0.357. The predicted molar refractivity (Wildman–Crippen MR) is 133 cm³/mol. The normalized spacial score (nSPS) is 25.3. The molecule has 8 heteroatoms. The highest BCUT2D eigenvalue weighted by molar-refractivity contribution is 6.22. The van der Waals surface area contributed by atoms with Crippen LogP contribution in [-0.2, 0) is 19.2 Å². The maximum atomic E-state index is 13.1. The molecular weight excluding hydrogens is 460 g/mol. The summed E-state index contributed by atoms with van der Waals surface area (Å²) in [6, 6.07) is 13.6. The first-order chi connectivity index (χ1) is 17.4. The van der Waals surface area contributed by atoms with Gasteiger partial charge in [0.25, 0.3) is 0 Å². The van der Waals surface area contributed by atoms with Crippen molar-refractivity contribution in [2.24, 2.45) is 23.7 Å². The van der Waals surface area contributed by atoms with Gasteiger partial charge in [0, 0.05) is 24.7 Å². The smallest absolute Gasteiger partial charge is 0.316 e. The number of hydrogen-bond acceptors (Lipinski definition) is 6. The monoisotopic (exact) mass is 488 g/mol. The van der Waals surface area contributed by atoms with Gasteiger partial charge in [-0.1, -0.05) is 25.1 Å². The van der Waals surface area contributed by atoms with Gasteiger partial charge < -0.3 is 14.4 Å². The molecular formula is C28H28N2O6. The van der Waals surface area contributed by atoms with Gasteiger partial charge in [0.15, 0.2) is 0 Å². The second-order valence-electron chi connectivity index (χ2n) is 9.42. The number of carbonyl (C=O) groups is 4. The number of esters is 1. The fourth-order valence-corrected chi connectivity index (χ4v) is 5.29. The van der Waals surface area contributed by atoms with E-state index in [1.54, 1.807) is 47.4 Å². The minimum Gasteiger partial charge on any atom is -0.494 e. The summed E-state index contributed by atoms with van der Waals surface area (Å²) in [5, 5.41) is 0. The van der Waals surface area contributed by atoms with E-state index in [1.807, 2.05) is 26.0 Å². The summed E-state index contributed by atoms with van der Waals surface area (Å²) in [7, 11) is 0. The molecule has 0 unspecified atom stereocenters. The van der Waals surface area contributed by atoms with E-state index in [0.29, 0.717) is 30.2 Å². The molecule has 4 atom stereocenters. The third kappa shape index (κ3) is 4.27. The van der Waals surface area contributed by atoms with E-state index in [-0.39, 0.29) is 54.2 Å². The summed E-state index contributed by atoms with van der Waals surface area (Å²) in [6.07, 6.45) is 4.53. The summed E-state index contributed by atoms with van der Waals surface area (Å²) in [5.74, 6) is -1.56. The number of benzene rings is 2. The quantitative estimate of drug-likeness (QED) is 0.266. The van der Waals surface area contributed by atoms with Crippen molar-refractivity contribution in [2.75, 3.05) is 23.0 Å². The Balaban J connectivity index is 1.27. The topological polar surface area (TPSA) is 93.2 Å². The van der Waals surface area contributed by atoms with Gasteiger partial charge in [0.1, 0.15) is 11.5 Å². The largest absolute Gasteiger partial charge is 0.494 e. The number of allylic oxidation sites excluding steroid dienone is 2. The van der Waals surface area contributed by atoms with Crippen LogP contribution in [0.4, 0.5) is 11.4 Å². The van der Waals surface area contributed by atoms with E-state index in [2.05, 4.69) is 0 Å². The number of fused-ring (bicyclic) bond motifs is 1. The molecule has 0 radical (unpaired) electrons. The van der Waals surface area contributed by atoms with Gasteiger partial charge in [-0.05, 0) is 55.7 Å². The molecule has 2 saturated heterocycles. The number of anilines is 2. The lowest BCUT2D eigenvalue weighted by Gasteiger charge is -2.22. The van der Waals surface area contributed by atoms with Gasteiger partial charge in [-0.2, -0.15) is 0 Å². The minimum atomic E-state index is -0.627. The van der Waals surface area contributed by atoms with E-state index in [1.165, 1.54) is 11.0 Å². The average Bonchev–Trinajstić information content (AvgIpc) is 3.38. The third-order valence-electron chi connectivity index (χ3n) is 7.08. The zero-order chi connectivity index (χ0) is 25.4. The Morgan fingerprint density at radius 3 is 2.50 bits per heavy atom. The molecule has 186 valence electrons. The highest BCUT2D eigenvalue weighted by atomic mass is 16.5. The van der Waals surface area contributed by atoms with Crippen molar-refractivity contribution in [1.82, 2.24) is 0 Å². The second-order valence-corrected chi connectivity index (χ2v) is 9.42. The molecule has 2 aliphatic heterocycles. The van der Waals surface area contributed by atoms with Crippen LogP contribution in [0.15, 0.2) is 60.7 Å². The average molecular weight is 489 g/mol. The highest BCUT2D eigenvalue weighted by Crippen LogP contribution is 2.41. The Hall–Kier alpha value is -3.94. The van der Waals surface area contributed by atoms with Crippen molar-refractivity contribution in [3.63, 3.8) is 0 Å². The number of amides is 3. The summed E-state index contributed by atoms with van der Waals surface area (Å²) < 4.78 is 11.0. The van der Waals surface area contributed by atoms with E-state index in [4.69, 9.17) is 9.47 Å². The molecule has 3 aliphatic rings. The Bertz CT molecular complexity index is 1240. The van der Waals surface area contributed by atoms with Crippen LogP contribution in [0.25, 0.3) is 0 Å². The molecule has 0 aromatic heterocycles. The molecule has 0 bridgehead atoms. The Morgan fingerprint density at radius 2 is 1.78 bits per heavy atom. The Labute approximate surface area is 209 Å². The first-order valence-corrected chi connectivity index (χ1v) is 12.3. The molecule has 0 N–H and O–H groups in total. The highest BCUT2D eigenvalue weighted by Gasteiger charge is 2.50. The molecule has 1 aliphatic carbocycles. The van der Waals surface area contributed by atoms with Crippen LogP contribution in [0, 0.1) is 23.7 Å². The van der Waals surface area contributed by atoms with E-state index in [0.717, 1.165) is 0 Å². The molecule has 5 rings (SSSR count). The van der Waals surface area contributed by atoms with Crippen molar-refractivity contribution in [2.45, 2.75) is 26.7 Å². The predicted octanol–water partition coefficient (Wildman–Crippen LogP) is 3.75. The minimum absolute atomic E-state index is 0.00978. The van der Waals surface area contributed by atoms with Gasteiger partial charge in [-0.3, -0.25) is 19.2 Å². The van der Waals surface area contributed by atoms with E-state index < -0.39 is 11.9 Å². The molecule has 2 aromatic carbocycles. The van der Waals surface area contributed by atoms with Crippen LogP contribution < -0.4 is 19.3 Å². The van der Waals surface area contributed by atoms with Crippen LogP contribution in [-0.4, -0.2) is 36.8 Å². The van der Waals surface area contributed by atoms with Crippen LogP contribution in [0.2, 0.25) is 0 Å². The van der Waals surface area contributed by atoms with Gasteiger partial charge >= 0.3 is 5.97 Å². The van der Waals surface area contributed by atoms with Crippen molar-refractivity contribution in [3.05, 3.63) is 60.7 Å². The molecule has 0 spiro atoms. The zero-order valence-corrected chi connectivity index (χ0v) is 20.3. The Kier molecular flexibility index (Phi) is 6.35. The maximum Gasteiger partial charge on any atom is 0.316 e. The molecule has 2 fully saturated rings. The standard InChI is InChI=1S/C28H28N2O6/c1-3-35-21-12-10-19(11-13-21)29-16-18(14-24(29)31)28(34)36-22-8-5-7-20(15-22)30-26(32)23-9-4-6-17(2)25(23)27(30)33/h4-8,10-13,15,17-18,23,25H,3,9,14,16H2,1-2H3/t17-,18-,23-,25+/m1/s1. The third-order valence-corrected chi connectivity index (χ3v) is 7.08. The van der Waals surface area contributed by atoms with Crippen molar-refractivity contribution in [1.29, 1.82) is 0 Å². The molecule has 2 heterocycles. The lowest BCUT2D eigenvalue weighted by Crippen LogP contribution is -2.31. The lowest BCUT2D eigenvalue weighted by atomic mass is 9.78. The summed E-state index contributed by atoms with van der Waals surface area (Å²) in [5.41, 5.74) is 1.08. The molecule has 0 saturated carbocycles. The van der Waals surface area contributed by atoms with Crippen molar-refractivity contribution >= 4 is 35.1 Å². The van der Waals surface area contributed by atoms with Crippen LogP contribution in [0.1, 0.15) is 26.7 Å². The number of rotatable bonds is 6. The summed E-state index contributed by atoms with van der Waals surface area (Å²) >= 11 is 0. The lowest BCUT2D eigenvalue weighted by molar-refractivity contribution is -0.139. The molecule has 2 aromatic rings. The number of imide groups is 1. The zero-order valence-electron chi connectivity index (χ0n) is 20.3. The summed E-state index contributed by atoms with van der Waals surface area (Å²) in [6.45, 7) is 4.60. The van der Waals surface area contributed by atoms with Gasteiger partial charge in [-0.15, -0.1) is 0 Å². The maximum absolute atomic E-state index is 13.1. The number of hydrogen-bond donors (Lipinski definition) is 0. The summed E-state index contributed by atoms with van der Waals surface area (Å²) in [4.78, 5) is 54.4. The SMILES string of the molecule is CCOc1ccc(N2C[C@H](C(=O)Oc3cccc(N4C(=O)[C@H]5[C@H](C)C=CC[C@H]5C4=O)c3)CC2=O)cc1. The van der Waals surface area contributed by atoms with Crippen LogP contribution in [0.3, 0.4) is 0 Å².